The molecule has 20 heavy (non-hydrogen) atoms. The van der Waals surface area contributed by atoms with Crippen molar-refractivity contribution in [3.63, 3.8) is 0 Å². The predicted molar refractivity (Wildman–Crippen MR) is 70.9 cm³/mol. The first-order valence-electron chi connectivity index (χ1n) is 6.08. The molecule has 3 aromatic rings. The number of halogens is 3. The molecule has 1 aromatic heterocycles. The Hall–Kier alpha value is -2.30. The monoisotopic (exact) mass is 276 g/mol. The minimum atomic E-state index is -1.49. The van der Waals surface area contributed by atoms with Gasteiger partial charge in [0.05, 0.1) is 16.6 Å². The fourth-order valence-electron chi connectivity index (χ4n) is 2.11. The van der Waals surface area contributed by atoms with Crippen molar-refractivity contribution in [3.05, 3.63) is 52.8 Å². The zero-order valence-corrected chi connectivity index (χ0v) is 10.9. The van der Waals surface area contributed by atoms with E-state index in [4.69, 9.17) is 0 Å². The molecule has 102 valence electrons. The number of aromatic amines is 1. The summed E-state index contributed by atoms with van der Waals surface area (Å²) in [5, 5.41) is 0. The first-order valence-corrected chi connectivity index (χ1v) is 6.08. The number of hydrogen-bond donors (Lipinski definition) is 1. The van der Waals surface area contributed by atoms with Gasteiger partial charge in [0.25, 0.3) is 0 Å². The van der Waals surface area contributed by atoms with Gasteiger partial charge in [-0.15, -0.1) is 0 Å². The van der Waals surface area contributed by atoms with Crippen LogP contribution < -0.4 is 0 Å². The van der Waals surface area contributed by atoms with Crippen LogP contribution in [0.25, 0.3) is 22.4 Å². The lowest BCUT2D eigenvalue weighted by molar-refractivity contribution is 0.448. The van der Waals surface area contributed by atoms with Gasteiger partial charge in [-0.3, -0.25) is 0 Å². The number of hydrogen-bond acceptors (Lipinski definition) is 1. The molecule has 0 radical (unpaired) electrons. The maximum absolute atomic E-state index is 13.8. The quantitative estimate of drug-likeness (QED) is 0.661. The Morgan fingerprint density at radius 2 is 1.65 bits per heavy atom. The summed E-state index contributed by atoms with van der Waals surface area (Å²) >= 11 is 0. The van der Waals surface area contributed by atoms with Crippen molar-refractivity contribution in [2.24, 2.45) is 0 Å². The predicted octanol–water partition coefficient (Wildman–Crippen LogP) is 4.26. The Balaban J connectivity index is 2.23. The highest BCUT2D eigenvalue weighted by atomic mass is 19.2. The highest BCUT2D eigenvalue weighted by molar-refractivity contribution is 5.81. The van der Waals surface area contributed by atoms with Crippen molar-refractivity contribution in [1.29, 1.82) is 0 Å². The van der Waals surface area contributed by atoms with Gasteiger partial charge in [0.2, 0.25) is 0 Å². The van der Waals surface area contributed by atoms with E-state index in [1.54, 1.807) is 0 Å². The molecule has 0 saturated carbocycles. The molecule has 0 atom stereocenters. The third-order valence-electron chi connectivity index (χ3n) is 3.39. The van der Waals surface area contributed by atoms with Crippen molar-refractivity contribution in [3.8, 4) is 11.4 Å². The van der Waals surface area contributed by atoms with Crippen molar-refractivity contribution in [2.45, 2.75) is 13.8 Å². The Morgan fingerprint density at radius 3 is 2.40 bits per heavy atom. The second kappa shape index (κ2) is 4.37. The van der Waals surface area contributed by atoms with Crippen LogP contribution in [0.15, 0.2) is 24.3 Å². The number of aryl methyl sites for hydroxylation is 2. The minimum absolute atomic E-state index is 0.0876. The van der Waals surface area contributed by atoms with E-state index in [-0.39, 0.29) is 11.4 Å². The van der Waals surface area contributed by atoms with Crippen LogP contribution >= 0.6 is 0 Å². The lowest BCUT2D eigenvalue weighted by Gasteiger charge is -2.00. The molecule has 5 heteroatoms. The van der Waals surface area contributed by atoms with E-state index in [0.29, 0.717) is 5.52 Å². The topological polar surface area (TPSA) is 28.7 Å². The van der Waals surface area contributed by atoms with Crippen LogP contribution in [-0.4, -0.2) is 9.97 Å². The average Bonchev–Trinajstić information content (AvgIpc) is 2.79. The lowest BCUT2D eigenvalue weighted by Crippen LogP contribution is -1.94. The number of fused-ring (bicyclic) bond motifs is 1. The minimum Gasteiger partial charge on any atom is -0.338 e. The van der Waals surface area contributed by atoms with Crippen molar-refractivity contribution in [1.82, 2.24) is 9.97 Å². The number of H-pyrrole nitrogens is 1. The van der Waals surface area contributed by atoms with E-state index in [1.807, 2.05) is 26.0 Å². The zero-order valence-electron chi connectivity index (χ0n) is 10.9. The number of rotatable bonds is 1. The van der Waals surface area contributed by atoms with Gasteiger partial charge in [0.15, 0.2) is 17.5 Å². The molecule has 0 spiro atoms. The van der Waals surface area contributed by atoms with Gasteiger partial charge in [-0.2, -0.15) is 0 Å². The van der Waals surface area contributed by atoms with Gasteiger partial charge in [-0.1, -0.05) is 0 Å². The summed E-state index contributed by atoms with van der Waals surface area (Å²) in [6, 6.07) is 5.81. The highest BCUT2D eigenvalue weighted by Gasteiger charge is 2.17. The van der Waals surface area contributed by atoms with Gasteiger partial charge < -0.3 is 4.98 Å². The van der Waals surface area contributed by atoms with Crippen LogP contribution in [0, 0.1) is 31.3 Å². The molecule has 2 aromatic carbocycles. The van der Waals surface area contributed by atoms with Crippen molar-refractivity contribution >= 4 is 11.0 Å². The third-order valence-corrected chi connectivity index (χ3v) is 3.39. The normalized spacial score (nSPS) is 11.2. The molecule has 0 fully saturated rings. The van der Waals surface area contributed by atoms with Crippen LogP contribution in [0.1, 0.15) is 11.1 Å². The molecular formula is C15H11F3N2. The smallest absolute Gasteiger partial charge is 0.195 e. The molecule has 1 N–H and O–H groups in total. The van der Waals surface area contributed by atoms with Gasteiger partial charge in [0, 0.05) is 0 Å². The molecule has 0 aliphatic carbocycles. The molecule has 2 nitrogen and oxygen atoms in total. The van der Waals surface area contributed by atoms with E-state index in [0.717, 1.165) is 22.7 Å². The maximum Gasteiger partial charge on any atom is 0.195 e. The fourth-order valence-corrected chi connectivity index (χ4v) is 2.11. The van der Waals surface area contributed by atoms with Crippen LogP contribution in [0.5, 0.6) is 0 Å². The second-order valence-corrected chi connectivity index (χ2v) is 4.76. The molecule has 0 amide bonds. The molecule has 0 saturated heterocycles. The first kappa shape index (κ1) is 12.7. The molecule has 0 aliphatic heterocycles. The summed E-state index contributed by atoms with van der Waals surface area (Å²) in [6.07, 6.45) is 0. The Bertz CT molecular complexity index is 783. The molecule has 0 unspecified atom stereocenters. The summed E-state index contributed by atoms with van der Waals surface area (Å²) in [6.45, 7) is 3.90. The van der Waals surface area contributed by atoms with E-state index in [9.17, 15) is 13.2 Å². The second-order valence-electron chi connectivity index (χ2n) is 4.76. The number of nitrogens with zero attached hydrogens (tertiary/aromatic N) is 1. The molecule has 0 bridgehead atoms. The average molecular weight is 276 g/mol. The van der Waals surface area contributed by atoms with Gasteiger partial charge in [-0.25, -0.2) is 18.2 Å². The molecular weight excluding hydrogens is 265 g/mol. The van der Waals surface area contributed by atoms with Crippen LogP contribution in [-0.2, 0) is 0 Å². The number of benzene rings is 2. The van der Waals surface area contributed by atoms with Crippen molar-refractivity contribution in [2.75, 3.05) is 0 Å². The Labute approximate surface area is 113 Å². The maximum atomic E-state index is 13.8. The number of aromatic nitrogens is 2. The van der Waals surface area contributed by atoms with E-state index < -0.39 is 17.5 Å². The molecule has 0 aliphatic rings. The molecule has 3 rings (SSSR count). The standard InChI is InChI=1S/C15H11F3N2/c1-7-5-11-12(6-8(7)2)20-15(19-11)9-3-4-10(16)14(18)13(9)17/h3-6H,1-2H3,(H,19,20). The largest absolute Gasteiger partial charge is 0.338 e. The number of nitrogens with one attached hydrogen (secondary N) is 1. The summed E-state index contributed by atoms with van der Waals surface area (Å²) in [5.41, 5.74) is 3.43. The summed E-state index contributed by atoms with van der Waals surface area (Å²) < 4.78 is 40.0. The lowest BCUT2D eigenvalue weighted by atomic mass is 10.1. The third kappa shape index (κ3) is 1.86. The van der Waals surface area contributed by atoms with E-state index >= 15 is 0 Å². The van der Waals surface area contributed by atoms with Crippen LogP contribution in [0.3, 0.4) is 0 Å². The van der Waals surface area contributed by atoms with E-state index in [1.165, 1.54) is 6.07 Å². The Morgan fingerprint density at radius 1 is 0.950 bits per heavy atom. The summed E-state index contributed by atoms with van der Waals surface area (Å²) in [7, 11) is 0. The summed E-state index contributed by atoms with van der Waals surface area (Å²) in [5.74, 6) is -3.76. The summed E-state index contributed by atoms with van der Waals surface area (Å²) in [4.78, 5) is 7.16. The Kier molecular flexibility index (Phi) is 2.78. The fraction of sp³-hybridized carbons (Fsp3) is 0.133. The SMILES string of the molecule is Cc1cc2nc(-c3ccc(F)c(F)c3F)[nH]c2cc1C. The number of imidazole rings is 1. The highest BCUT2D eigenvalue weighted by Crippen LogP contribution is 2.26. The zero-order chi connectivity index (χ0) is 14.4. The van der Waals surface area contributed by atoms with Gasteiger partial charge >= 0.3 is 0 Å². The van der Waals surface area contributed by atoms with Crippen LogP contribution in [0.2, 0.25) is 0 Å². The van der Waals surface area contributed by atoms with Crippen molar-refractivity contribution < 1.29 is 13.2 Å². The van der Waals surface area contributed by atoms with Gasteiger partial charge in [-0.05, 0) is 49.2 Å². The molecule has 1 heterocycles. The van der Waals surface area contributed by atoms with Gasteiger partial charge in [0.1, 0.15) is 5.82 Å². The first-order chi connectivity index (χ1) is 9.47. The van der Waals surface area contributed by atoms with Crippen LogP contribution in [0.4, 0.5) is 13.2 Å². The van der Waals surface area contributed by atoms with E-state index in [2.05, 4.69) is 9.97 Å².